The molecule has 0 radical (unpaired) electrons. The summed E-state index contributed by atoms with van der Waals surface area (Å²) in [5, 5.41) is 0. The molecule has 0 unspecified atom stereocenters. The van der Waals surface area contributed by atoms with Crippen molar-refractivity contribution in [3.05, 3.63) is 23.8 Å². The van der Waals surface area contributed by atoms with Crippen LogP contribution in [0.25, 0.3) is 0 Å². The molecule has 1 aromatic rings. The van der Waals surface area contributed by atoms with E-state index in [1.807, 2.05) is 25.1 Å². The molecule has 2 fully saturated rings. The number of fused-ring (bicyclic) bond motifs is 1. The Hall–Kier alpha value is -1.31. The van der Waals surface area contributed by atoms with E-state index in [9.17, 15) is 8.42 Å². The Bertz CT molecular complexity index is 733. The summed E-state index contributed by atoms with van der Waals surface area (Å²) in [7, 11) is -3.49. The van der Waals surface area contributed by atoms with Gasteiger partial charge >= 0.3 is 0 Å². The first-order valence-corrected chi connectivity index (χ1v) is 10.7. The molecule has 25 heavy (non-hydrogen) atoms. The van der Waals surface area contributed by atoms with Gasteiger partial charge in [0.25, 0.3) is 10.2 Å². The van der Waals surface area contributed by atoms with Crippen LogP contribution in [0.2, 0.25) is 0 Å². The molecule has 6 nitrogen and oxygen atoms in total. The van der Waals surface area contributed by atoms with Crippen LogP contribution in [0.4, 0.5) is 0 Å². The van der Waals surface area contributed by atoms with Gasteiger partial charge in [0.15, 0.2) is 11.5 Å². The highest BCUT2D eigenvalue weighted by atomic mass is 32.2. The van der Waals surface area contributed by atoms with Crippen molar-refractivity contribution in [1.29, 1.82) is 0 Å². The number of nitrogens with one attached hydrogen (secondary N) is 1. The molecule has 0 amide bonds. The van der Waals surface area contributed by atoms with Gasteiger partial charge in [-0.25, -0.2) is 0 Å². The molecule has 2 heterocycles. The summed E-state index contributed by atoms with van der Waals surface area (Å²) in [6.45, 7) is 3.68. The number of nitrogens with zero attached hydrogens (tertiary/aromatic N) is 1. The van der Waals surface area contributed by atoms with Crippen LogP contribution in [0, 0.1) is 5.92 Å². The summed E-state index contributed by atoms with van der Waals surface area (Å²) in [6, 6.07) is 5.64. The first-order chi connectivity index (χ1) is 12.0. The third-order valence-corrected chi connectivity index (χ3v) is 7.06. The second kappa shape index (κ2) is 6.78. The van der Waals surface area contributed by atoms with Crippen molar-refractivity contribution in [3.8, 4) is 11.5 Å². The van der Waals surface area contributed by atoms with Crippen molar-refractivity contribution < 1.29 is 17.9 Å². The minimum absolute atomic E-state index is 0.0615. The van der Waals surface area contributed by atoms with Crippen LogP contribution in [0.3, 0.4) is 0 Å². The number of hydrogen-bond donors (Lipinski definition) is 1. The van der Waals surface area contributed by atoms with Gasteiger partial charge in [0, 0.05) is 12.6 Å². The zero-order valence-electron chi connectivity index (χ0n) is 14.6. The van der Waals surface area contributed by atoms with Gasteiger partial charge in [-0.1, -0.05) is 12.5 Å². The highest BCUT2D eigenvalue weighted by molar-refractivity contribution is 7.87. The molecular formula is C18H26N2O4S. The SMILES string of the molecule is C[C@H]1CCCCN1S(=O)(=O)N[C@@H](c1ccc2c(c1)OCCO2)C1CC1. The van der Waals surface area contributed by atoms with Crippen LogP contribution in [0.5, 0.6) is 11.5 Å². The fourth-order valence-electron chi connectivity index (χ4n) is 3.78. The van der Waals surface area contributed by atoms with Crippen molar-refractivity contribution in [3.63, 3.8) is 0 Å². The molecule has 0 aromatic heterocycles. The lowest BCUT2D eigenvalue weighted by molar-refractivity contribution is 0.171. The molecule has 1 aliphatic carbocycles. The lowest BCUT2D eigenvalue weighted by atomic mass is 10.0. The van der Waals surface area contributed by atoms with Gasteiger partial charge in [0.1, 0.15) is 13.2 Å². The van der Waals surface area contributed by atoms with Crippen molar-refractivity contribution >= 4 is 10.2 Å². The van der Waals surface area contributed by atoms with Crippen molar-refractivity contribution in [1.82, 2.24) is 9.03 Å². The van der Waals surface area contributed by atoms with Gasteiger partial charge in [0.05, 0.1) is 6.04 Å². The van der Waals surface area contributed by atoms with E-state index in [4.69, 9.17) is 9.47 Å². The maximum Gasteiger partial charge on any atom is 0.280 e. The first-order valence-electron chi connectivity index (χ1n) is 9.23. The first kappa shape index (κ1) is 17.1. The molecule has 138 valence electrons. The van der Waals surface area contributed by atoms with Crippen LogP contribution >= 0.6 is 0 Å². The zero-order valence-corrected chi connectivity index (χ0v) is 15.4. The van der Waals surface area contributed by atoms with Gasteiger partial charge in [-0.3, -0.25) is 0 Å². The summed E-state index contributed by atoms with van der Waals surface area (Å²) in [5.41, 5.74) is 0.958. The number of piperidine rings is 1. The van der Waals surface area contributed by atoms with E-state index in [0.717, 1.165) is 43.4 Å². The molecule has 1 aromatic carbocycles. The fraction of sp³-hybridized carbons (Fsp3) is 0.667. The van der Waals surface area contributed by atoms with Crippen LogP contribution in [-0.4, -0.2) is 38.5 Å². The van der Waals surface area contributed by atoms with E-state index in [1.165, 1.54) is 0 Å². The molecule has 1 saturated carbocycles. The van der Waals surface area contributed by atoms with E-state index in [2.05, 4.69) is 4.72 Å². The second-order valence-corrected chi connectivity index (χ2v) is 8.95. The molecule has 1 N–H and O–H groups in total. The van der Waals surface area contributed by atoms with Crippen molar-refractivity contribution in [2.24, 2.45) is 5.92 Å². The molecule has 0 bridgehead atoms. The van der Waals surface area contributed by atoms with Gasteiger partial charge in [-0.15, -0.1) is 0 Å². The standard InChI is InChI=1S/C18H26N2O4S/c1-13-4-2-3-9-20(13)25(21,22)19-18(14-5-6-14)15-7-8-16-17(12-15)24-11-10-23-16/h7-8,12-14,18-19H,2-6,9-11H2,1H3/t13-,18+/m0/s1. The maximum atomic E-state index is 13.0. The van der Waals surface area contributed by atoms with E-state index < -0.39 is 10.2 Å². The third-order valence-electron chi connectivity index (χ3n) is 5.35. The summed E-state index contributed by atoms with van der Waals surface area (Å²) < 4.78 is 41.8. The summed E-state index contributed by atoms with van der Waals surface area (Å²) in [5.74, 6) is 1.80. The highest BCUT2D eigenvalue weighted by Crippen LogP contribution is 2.44. The van der Waals surface area contributed by atoms with E-state index >= 15 is 0 Å². The minimum Gasteiger partial charge on any atom is -0.486 e. The summed E-state index contributed by atoms with van der Waals surface area (Å²) in [4.78, 5) is 0. The Morgan fingerprint density at radius 2 is 1.88 bits per heavy atom. The predicted octanol–water partition coefficient (Wildman–Crippen LogP) is 2.62. The normalized spacial score (nSPS) is 25.6. The van der Waals surface area contributed by atoms with Gasteiger partial charge in [0.2, 0.25) is 0 Å². The lowest BCUT2D eigenvalue weighted by Crippen LogP contribution is -2.49. The van der Waals surface area contributed by atoms with E-state index in [0.29, 0.717) is 31.4 Å². The van der Waals surface area contributed by atoms with Gasteiger partial charge in [-0.2, -0.15) is 17.4 Å². The Kier molecular flexibility index (Phi) is 4.64. The molecule has 2 atom stereocenters. The third kappa shape index (κ3) is 3.64. The number of benzene rings is 1. The molecule has 2 aliphatic heterocycles. The molecule has 4 rings (SSSR count). The molecule has 0 spiro atoms. The maximum absolute atomic E-state index is 13.0. The second-order valence-electron chi connectivity index (χ2n) is 7.30. The largest absolute Gasteiger partial charge is 0.486 e. The lowest BCUT2D eigenvalue weighted by Gasteiger charge is -2.34. The predicted molar refractivity (Wildman–Crippen MR) is 95.0 cm³/mol. The van der Waals surface area contributed by atoms with Crippen LogP contribution in [-0.2, 0) is 10.2 Å². The van der Waals surface area contributed by atoms with E-state index in [-0.39, 0.29) is 12.1 Å². The number of ether oxygens (including phenoxy) is 2. The topological polar surface area (TPSA) is 67.9 Å². The molecule has 3 aliphatic rings. The Morgan fingerprint density at radius 1 is 1.12 bits per heavy atom. The Labute approximate surface area is 149 Å². The minimum atomic E-state index is -3.49. The average Bonchev–Trinajstić information content (AvgIpc) is 3.44. The fourth-order valence-corrected chi connectivity index (χ4v) is 5.51. The molecular weight excluding hydrogens is 340 g/mol. The van der Waals surface area contributed by atoms with Crippen LogP contribution in [0.15, 0.2) is 18.2 Å². The van der Waals surface area contributed by atoms with Gasteiger partial charge < -0.3 is 9.47 Å². The monoisotopic (exact) mass is 366 g/mol. The number of hydrogen-bond acceptors (Lipinski definition) is 4. The smallest absolute Gasteiger partial charge is 0.280 e. The summed E-state index contributed by atoms with van der Waals surface area (Å²) >= 11 is 0. The van der Waals surface area contributed by atoms with Crippen LogP contribution < -0.4 is 14.2 Å². The van der Waals surface area contributed by atoms with E-state index in [1.54, 1.807) is 4.31 Å². The Balaban J connectivity index is 1.57. The zero-order chi connectivity index (χ0) is 17.4. The number of rotatable bonds is 5. The van der Waals surface area contributed by atoms with Crippen LogP contribution in [0.1, 0.15) is 50.6 Å². The van der Waals surface area contributed by atoms with Crippen molar-refractivity contribution in [2.75, 3.05) is 19.8 Å². The molecule has 1 saturated heterocycles. The molecule has 7 heteroatoms. The quantitative estimate of drug-likeness (QED) is 0.870. The van der Waals surface area contributed by atoms with Gasteiger partial charge in [-0.05, 0) is 56.2 Å². The summed E-state index contributed by atoms with van der Waals surface area (Å²) in [6.07, 6.45) is 5.07. The highest BCUT2D eigenvalue weighted by Gasteiger charge is 2.38. The average molecular weight is 366 g/mol. The Morgan fingerprint density at radius 3 is 2.60 bits per heavy atom. The van der Waals surface area contributed by atoms with Crippen molar-refractivity contribution in [2.45, 2.75) is 51.1 Å².